The third-order valence-corrected chi connectivity index (χ3v) is 2.62. The maximum absolute atomic E-state index is 10.6. The van der Waals surface area contributed by atoms with Gasteiger partial charge in [-0.15, -0.1) is 0 Å². The molecule has 2 bridgehead atoms. The van der Waals surface area contributed by atoms with E-state index in [1.807, 2.05) is 0 Å². The van der Waals surface area contributed by atoms with Crippen LogP contribution in [0.3, 0.4) is 0 Å². The third kappa shape index (κ3) is 0.736. The molecule has 0 saturated carbocycles. The first-order valence-corrected chi connectivity index (χ1v) is 3.76. The van der Waals surface area contributed by atoms with Crippen molar-refractivity contribution in [1.29, 1.82) is 0 Å². The lowest BCUT2D eigenvalue weighted by Gasteiger charge is -2.14. The van der Waals surface area contributed by atoms with Crippen molar-refractivity contribution in [3.63, 3.8) is 0 Å². The first-order valence-electron chi connectivity index (χ1n) is 3.76. The lowest BCUT2D eigenvalue weighted by molar-refractivity contribution is -0.142. The van der Waals surface area contributed by atoms with Crippen LogP contribution in [0.2, 0.25) is 0 Å². The van der Waals surface area contributed by atoms with Gasteiger partial charge in [-0.05, 0) is 19.3 Å². The zero-order valence-corrected chi connectivity index (χ0v) is 5.71. The first-order chi connectivity index (χ1) is 4.77. The summed E-state index contributed by atoms with van der Waals surface area (Å²) in [6.07, 6.45) is 3.08. The number of fused-ring (bicyclic) bond motifs is 2. The molecule has 0 unspecified atom stereocenters. The van der Waals surface area contributed by atoms with Gasteiger partial charge in [0.05, 0.1) is 5.92 Å². The summed E-state index contributed by atoms with van der Waals surface area (Å²) in [5.74, 6) is -0.724. The molecule has 2 fully saturated rings. The molecule has 2 saturated heterocycles. The molecule has 2 N–H and O–H groups in total. The monoisotopic (exact) mass is 141 g/mol. The van der Waals surface area contributed by atoms with Gasteiger partial charge >= 0.3 is 5.97 Å². The van der Waals surface area contributed by atoms with Gasteiger partial charge in [-0.1, -0.05) is 0 Å². The highest BCUT2D eigenvalue weighted by Gasteiger charge is 2.42. The van der Waals surface area contributed by atoms with Crippen molar-refractivity contribution < 1.29 is 9.90 Å². The van der Waals surface area contributed by atoms with Gasteiger partial charge < -0.3 is 10.4 Å². The summed E-state index contributed by atoms with van der Waals surface area (Å²) in [6.45, 7) is 0. The number of rotatable bonds is 1. The third-order valence-electron chi connectivity index (χ3n) is 2.62. The average molecular weight is 141 g/mol. The highest BCUT2D eigenvalue weighted by molar-refractivity contribution is 5.71. The summed E-state index contributed by atoms with van der Waals surface area (Å²) in [7, 11) is 0. The van der Waals surface area contributed by atoms with Gasteiger partial charge in [0, 0.05) is 12.1 Å². The van der Waals surface area contributed by atoms with Crippen LogP contribution in [-0.2, 0) is 4.79 Å². The second kappa shape index (κ2) is 1.95. The molecule has 2 rings (SSSR count). The standard InChI is InChI=1S/C7H11NO2/c9-7(10)5-3-4-1-2-6(5)8-4/h4-6,8H,1-3H2,(H,9,10)/t4-,5+,6-/m1/s1. The van der Waals surface area contributed by atoms with Crippen molar-refractivity contribution >= 4 is 5.97 Å². The second-order valence-electron chi connectivity index (χ2n) is 3.23. The fourth-order valence-electron chi connectivity index (χ4n) is 2.10. The van der Waals surface area contributed by atoms with E-state index in [4.69, 9.17) is 5.11 Å². The SMILES string of the molecule is O=C(O)[C@H]1C[C@H]2CC[C@H]1N2. The summed E-state index contributed by atoms with van der Waals surface area (Å²) >= 11 is 0. The van der Waals surface area contributed by atoms with Crippen LogP contribution < -0.4 is 5.32 Å². The maximum Gasteiger partial charge on any atom is 0.308 e. The molecule has 0 aliphatic carbocycles. The maximum atomic E-state index is 10.6. The minimum absolute atomic E-state index is 0.0984. The van der Waals surface area contributed by atoms with Crippen LogP contribution in [0.5, 0.6) is 0 Å². The quantitative estimate of drug-likeness (QED) is 0.549. The number of carboxylic acid groups (broad SMARTS) is 1. The summed E-state index contributed by atoms with van der Waals surface area (Å²) in [5, 5.41) is 12.0. The van der Waals surface area contributed by atoms with Gasteiger partial charge in [0.25, 0.3) is 0 Å². The Hall–Kier alpha value is -0.570. The van der Waals surface area contributed by atoms with Crippen LogP contribution in [0.15, 0.2) is 0 Å². The molecule has 3 heteroatoms. The predicted octanol–water partition coefficient (Wildman–Crippen LogP) is 0.212. The Morgan fingerprint density at radius 3 is 2.60 bits per heavy atom. The highest BCUT2D eigenvalue weighted by atomic mass is 16.4. The number of nitrogens with one attached hydrogen (secondary N) is 1. The Labute approximate surface area is 59.4 Å². The van der Waals surface area contributed by atoms with E-state index in [0.29, 0.717) is 6.04 Å². The second-order valence-corrected chi connectivity index (χ2v) is 3.23. The van der Waals surface area contributed by atoms with E-state index < -0.39 is 5.97 Å². The lowest BCUT2D eigenvalue weighted by atomic mass is 9.89. The van der Waals surface area contributed by atoms with E-state index >= 15 is 0 Å². The van der Waals surface area contributed by atoms with Crippen molar-refractivity contribution in [3.8, 4) is 0 Å². The molecular weight excluding hydrogens is 130 g/mol. The van der Waals surface area contributed by atoms with Gasteiger partial charge in [0.1, 0.15) is 0 Å². The van der Waals surface area contributed by atoms with Gasteiger partial charge in [0.15, 0.2) is 0 Å². The number of carbonyl (C=O) groups is 1. The molecule has 0 radical (unpaired) electrons. The Bertz CT molecular complexity index is 169. The van der Waals surface area contributed by atoms with Crippen LogP contribution in [-0.4, -0.2) is 23.2 Å². The predicted molar refractivity (Wildman–Crippen MR) is 35.7 cm³/mol. The molecule has 0 amide bonds. The average Bonchev–Trinajstić information content (AvgIpc) is 2.44. The molecule has 2 heterocycles. The molecule has 2 aliphatic heterocycles. The molecular formula is C7H11NO2. The molecule has 0 aromatic carbocycles. The van der Waals surface area contributed by atoms with Gasteiger partial charge in [-0.2, -0.15) is 0 Å². The molecule has 56 valence electrons. The van der Waals surface area contributed by atoms with Gasteiger partial charge in [-0.25, -0.2) is 0 Å². The zero-order chi connectivity index (χ0) is 7.14. The highest BCUT2D eigenvalue weighted by Crippen LogP contribution is 2.32. The molecule has 2 aliphatic rings. The lowest BCUT2D eigenvalue weighted by Crippen LogP contribution is -2.28. The van der Waals surface area contributed by atoms with E-state index in [-0.39, 0.29) is 12.0 Å². The first kappa shape index (κ1) is 6.16. The molecule has 3 atom stereocenters. The van der Waals surface area contributed by atoms with Crippen LogP contribution >= 0.6 is 0 Å². The van der Waals surface area contributed by atoms with Crippen molar-refractivity contribution in [2.24, 2.45) is 5.92 Å². The topological polar surface area (TPSA) is 49.3 Å². The Kier molecular flexibility index (Phi) is 1.20. The van der Waals surface area contributed by atoms with E-state index in [9.17, 15) is 4.79 Å². The largest absolute Gasteiger partial charge is 0.481 e. The van der Waals surface area contributed by atoms with Gasteiger partial charge in [0.2, 0.25) is 0 Å². The van der Waals surface area contributed by atoms with Crippen LogP contribution in [0, 0.1) is 5.92 Å². The van der Waals surface area contributed by atoms with Crippen molar-refractivity contribution in [2.75, 3.05) is 0 Å². The molecule has 10 heavy (non-hydrogen) atoms. The Morgan fingerprint density at radius 2 is 2.30 bits per heavy atom. The van der Waals surface area contributed by atoms with Crippen molar-refractivity contribution in [1.82, 2.24) is 5.32 Å². The number of hydrogen-bond acceptors (Lipinski definition) is 2. The molecule has 3 nitrogen and oxygen atoms in total. The molecule has 0 aromatic heterocycles. The van der Waals surface area contributed by atoms with Gasteiger partial charge in [-0.3, -0.25) is 4.79 Å². The summed E-state index contributed by atoms with van der Waals surface area (Å²) < 4.78 is 0. The van der Waals surface area contributed by atoms with Crippen LogP contribution in [0.4, 0.5) is 0 Å². The molecule has 0 spiro atoms. The Balaban J connectivity index is 2.08. The van der Waals surface area contributed by atoms with E-state index in [2.05, 4.69) is 5.32 Å². The van der Waals surface area contributed by atoms with Crippen molar-refractivity contribution in [2.45, 2.75) is 31.3 Å². The normalized spacial score (nSPS) is 44.2. The zero-order valence-electron chi connectivity index (χ0n) is 5.71. The smallest absolute Gasteiger partial charge is 0.308 e. The summed E-state index contributed by atoms with van der Waals surface area (Å²) in [5.41, 5.74) is 0. The number of hydrogen-bond donors (Lipinski definition) is 2. The van der Waals surface area contributed by atoms with E-state index in [0.717, 1.165) is 12.8 Å². The summed E-state index contributed by atoms with van der Waals surface area (Å²) in [6, 6.07) is 0.786. The number of aliphatic carboxylic acids is 1. The van der Waals surface area contributed by atoms with E-state index in [1.165, 1.54) is 6.42 Å². The number of carboxylic acids is 1. The van der Waals surface area contributed by atoms with Crippen molar-refractivity contribution in [3.05, 3.63) is 0 Å². The van der Waals surface area contributed by atoms with E-state index in [1.54, 1.807) is 0 Å². The minimum Gasteiger partial charge on any atom is -0.481 e. The van der Waals surface area contributed by atoms with Crippen LogP contribution in [0.1, 0.15) is 19.3 Å². The summed E-state index contributed by atoms with van der Waals surface area (Å²) in [4.78, 5) is 10.6. The van der Waals surface area contributed by atoms with Crippen LogP contribution in [0.25, 0.3) is 0 Å². The fraction of sp³-hybridized carbons (Fsp3) is 0.857. The Morgan fingerprint density at radius 1 is 1.50 bits per heavy atom. The minimum atomic E-state index is -0.625. The molecule has 0 aromatic rings. The fourth-order valence-corrected chi connectivity index (χ4v) is 2.10.